The smallest absolute Gasteiger partial charge is 0.136 e. The molecule has 0 aliphatic rings. The summed E-state index contributed by atoms with van der Waals surface area (Å²) in [5.74, 6) is 0. The van der Waals surface area contributed by atoms with Gasteiger partial charge in [-0.15, -0.1) is 0 Å². The van der Waals surface area contributed by atoms with E-state index in [4.69, 9.17) is 11.3 Å². The average molecular weight is 659 g/mol. The average Bonchev–Trinajstić information content (AvgIpc) is 3.70. The molecule has 0 spiro atoms. The summed E-state index contributed by atoms with van der Waals surface area (Å²) in [7, 11) is 0. The van der Waals surface area contributed by atoms with Crippen molar-refractivity contribution in [2.45, 2.75) is 0 Å². The summed E-state index contributed by atoms with van der Waals surface area (Å²) in [4.78, 5) is 0. The predicted octanol–water partition coefficient (Wildman–Crippen LogP) is 14.2. The molecule has 0 aliphatic heterocycles. The Balaban J connectivity index is 1.34. The van der Waals surface area contributed by atoms with Crippen LogP contribution in [0.25, 0.3) is 99.1 Å². The van der Waals surface area contributed by atoms with Gasteiger partial charge in [-0.25, -0.2) is 0 Å². The second kappa shape index (κ2) is 12.0. The summed E-state index contributed by atoms with van der Waals surface area (Å²) in [5.41, 5.74) is 5.05. The Labute approximate surface area is 310 Å². The second-order valence-electron chi connectivity index (χ2n) is 12.4. The van der Waals surface area contributed by atoms with Crippen molar-refractivity contribution in [3.05, 3.63) is 194 Å². The maximum absolute atomic E-state index is 9.53. The fraction of sp³-hybridized carbons (Fsp3) is 0. The summed E-state index contributed by atoms with van der Waals surface area (Å²) < 4.78 is 98.2. The molecule has 1 heterocycles. The van der Waals surface area contributed by atoms with Crippen LogP contribution in [0.3, 0.4) is 0 Å². The number of furan rings is 1. The van der Waals surface area contributed by atoms with Gasteiger partial charge in [0.2, 0.25) is 0 Å². The van der Waals surface area contributed by atoms with Gasteiger partial charge in [0.1, 0.15) is 11.2 Å². The molecule has 0 amide bonds. The zero-order valence-corrected chi connectivity index (χ0v) is 27.1. The van der Waals surface area contributed by atoms with Crippen molar-refractivity contribution in [1.82, 2.24) is 0 Å². The van der Waals surface area contributed by atoms with Crippen LogP contribution >= 0.6 is 0 Å². The number of benzene rings is 9. The van der Waals surface area contributed by atoms with Crippen molar-refractivity contribution in [3.8, 4) is 55.6 Å². The lowest BCUT2D eigenvalue weighted by molar-refractivity contribution is 0.669. The monoisotopic (exact) mass is 658 g/mol. The highest BCUT2D eigenvalue weighted by Gasteiger charge is 2.21. The lowest BCUT2D eigenvalue weighted by atomic mass is 9.83. The molecule has 51 heavy (non-hydrogen) atoms. The van der Waals surface area contributed by atoms with Crippen LogP contribution in [0.15, 0.2) is 198 Å². The predicted molar refractivity (Wildman–Crippen MR) is 216 cm³/mol. The molecule has 0 aliphatic carbocycles. The third-order valence-electron chi connectivity index (χ3n) is 9.53. The van der Waals surface area contributed by atoms with E-state index >= 15 is 0 Å². The van der Waals surface area contributed by atoms with E-state index in [9.17, 15) is 6.85 Å². The maximum Gasteiger partial charge on any atom is 0.136 e. The normalized spacial score (nSPS) is 14.3. The minimum Gasteiger partial charge on any atom is -0.456 e. The van der Waals surface area contributed by atoms with Crippen molar-refractivity contribution in [2.24, 2.45) is 0 Å². The highest BCUT2D eigenvalue weighted by atomic mass is 16.3. The van der Waals surface area contributed by atoms with Crippen molar-refractivity contribution < 1.29 is 18.1 Å². The van der Waals surface area contributed by atoms with Gasteiger partial charge in [-0.3, -0.25) is 0 Å². The van der Waals surface area contributed by atoms with E-state index in [0.29, 0.717) is 54.9 Å². The molecule has 1 heteroatoms. The van der Waals surface area contributed by atoms with E-state index in [0.717, 1.165) is 11.1 Å². The third kappa shape index (κ3) is 4.86. The molecule has 1 nitrogen and oxygen atoms in total. The first-order valence-electron chi connectivity index (χ1n) is 21.7. The summed E-state index contributed by atoms with van der Waals surface area (Å²) in [6.07, 6.45) is 0. The number of hydrogen-bond donors (Lipinski definition) is 0. The lowest BCUT2D eigenvalue weighted by Gasteiger charge is -2.20. The molecule has 1 aromatic heterocycles. The fourth-order valence-corrected chi connectivity index (χ4v) is 7.23. The van der Waals surface area contributed by atoms with Crippen LogP contribution in [0.4, 0.5) is 0 Å². The highest BCUT2D eigenvalue weighted by Crippen LogP contribution is 2.48. The lowest BCUT2D eigenvalue weighted by Crippen LogP contribution is -1.93. The number of fused-ring (bicyclic) bond motifs is 5. The Kier molecular flexibility index (Phi) is 4.88. The van der Waals surface area contributed by atoms with E-state index in [-0.39, 0.29) is 87.4 Å². The molecule has 0 unspecified atom stereocenters. The van der Waals surface area contributed by atoms with E-state index in [1.54, 1.807) is 24.3 Å². The molecule has 0 N–H and O–H groups in total. The Hall–Kier alpha value is -6.70. The third-order valence-corrected chi connectivity index (χ3v) is 9.53. The van der Waals surface area contributed by atoms with E-state index in [1.165, 1.54) is 0 Å². The Morgan fingerprint density at radius 1 is 0.333 bits per heavy atom. The van der Waals surface area contributed by atoms with Gasteiger partial charge < -0.3 is 4.42 Å². The zero-order valence-electron chi connectivity index (χ0n) is 37.1. The van der Waals surface area contributed by atoms with Gasteiger partial charge in [-0.05, 0) is 95.3 Å². The molecular weight excluding hydrogens is 617 g/mol. The maximum atomic E-state index is 9.53. The minimum atomic E-state index is -0.412. The molecule has 0 bridgehead atoms. The number of hydrogen-bond acceptors (Lipinski definition) is 1. The summed E-state index contributed by atoms with van der Waals surface area (Å²) in [6.45, 7) is 0. The first-order valence-corrected chi connectivity index (χ1v) is 16.7. The van der Waals surface area contributed by atoms with E-state index in [1.807, 2.05) is 109 Å². The number of rotatable bonds is 5. The molecule has 0 atom stereocenters. The van der Waals surface area contributed by atoms with Gasteiger partial charge >= 0.3 is 0 Å². The molecule has 10 aromatic rings. The second-order valence-corrected chi connectivity index (χ2v) is 12.4. The summed E-state index contributed by atoms with van der Waals surface area (Å²) >= 11 is 0. The molecule has 0 saturated heterocycles. The van der Waals surface area contributed by atoms with Crippen LogP contribution in [-0.4, -0.2) is 0 Å². The fourth-order valence-electron chi connectivity index (χ4n) is 7.23. The molecule has 10 rings (SSSR count). The summed E-state index contributed by atoms with van der Waals surface area (Å²) in [6, 6.07) is 38.3. The molecule has 0 radical (unpaired) electrons. The Bertz CT molecular complexity index is 3400. The van der Waals surface area contributed by atoms with Crippen LogP contribution < -0.4 is 0 Å². The van der Waals surface area contributed by atoms with Gasteiger partial charge in [0.15, 0.2) is 0 Å². The zero-order chi connectivity index (χ0) is 42.4. The Morgan fingerprint density at radius 3 is 1.45 bits per heavy atom. The minimum absolute atomic E-state index is 0.0250. The molecule has 238 valence electrons. The highest BCUT2D eigenvalue weighted by molar-refractivity contribution is 6.26. The van der Waals surface area contributed by atoms with E-state index in [2.05, 4.69) is 0 Å². The molecule has 0 fully saturated rings. The van der Waals surface area contributed by atoms with Gasteiger partial charge in [0, 0.05) is 10.8 Å². The van der Waals surface area contributed by atoms with Crippen LogP contribution in [0, 0.1) is 0 Å². The van der Waals surface area contributed by atoms with Crippen LogP contribution in [0.2, 0.25) is 0 Å². The Morgan fingerprint density at radius 2 is 0.824 bits per heavy atom. The van der Waals surface area contributed by atoms with Crippen molar-refractivity contribution >= 4 is 43.5 Å². The first kappa shape index (κ1) is 20.7. The van der Waals surface area contributed by atoms with E-state index < -0.39 is 6.04 Å². The topological polar surface area (TPSA) is 13.1 Å². The standard InChI is InChI=1S/C50H32O/c1-3-14-33(15-4-1)35-26-28-36(29-27-35)38-18-7-8-19-39(38)48-40-20-9-11-22-42(40)49(43-23-12-10-21-41(43)48)45-24-13-25-46-50(45)44-31-30-37(32-47(44)51-46)34-16-5-2-6-17-34/h1-32H/i7D,8D,13D,18D,19D,24D,25D,30D,31D,32D. The molecule has 9 aromatic carbocycles. The van der Waals surface area contributed by atoms with Gasteiger partial charge in [0.25, 0.3) is 0 Å². The van der Waals surface area contributed by atoms with Gasteiger partial charge in [-0.1, -0.05) is 176 Å². The molecule has 0 saturated carbocycles. The van der Waals surface area contributed by atoms with Gasteiger partial charge in [-0.2, -0.15) is 0 Å². The SMILES string of the molecule is [2H]c1c([2H])c([2H])c(-c2c3ccccc3c(-c3c([2H])c([2H])c([2H])c4oc5c([2H])c(-c6ccccc6)c([2H])c([2H])c5c34)c3ccccc23)c(-c2ccc(-c3ccccc3)cc2)c1[2H]. The largest absolute Gasteiger partial charge is 0.456 e. The first-order chi connectivity index (χ1) is 29.5. The van der Waals surface area contributed by atoms with Crippen LogP contribution in [-0.2, 0) is 0 Å². The van der Waals surface area contributed by atoms with Gasteiger partial charge in [0.05, 0.1) is 13.7 Å². The van der Waals surface area contributed by atoms with Crippen molar-refractivity contribution in [3.63, 3.8) is 0 Å². The van der Waals surface area contributed by atoms with Crippen LogP contribution in [0.1, 0.15) is 13.7 Å². The summed E-state index contributed by atoms with van der Waals surface area (Å²) in [5, 5.41) is 2.64. The molecular formula is C50H32O. The quantitative estimate of drug-likeness (QED) is 0.168. The van der Waals surface area contributed by atoms with Crippen LogP contribution in [0.5, 0.6) is 0 Å². The van der Waals surface area contributed by atoms with Crippen molar-refractivity contribution in [1.29, 1.82) is 0 Å². The van der Waals surface area contributed by atoms with Crippen molar-refractivity contribution in [2.75, 3.05) is 0 Å².